The van der Waals surface area contributed by atoms with Gasteiger partial charge in [0.1, 0.15) is 0 Å². The Kier molecular flexibility index (Phi) is 5.11. The third kappa shape index (κ3) is 3.74. The van der Waals surface area contributed by atoms with Crippen LogP contribution in [-0.4, -0.2) is 25.8 Å². The Balaban J connectivity index is 1.64. The summed E-state index contributed by atoms with van der Waals surface area (Å²) in [5.74, 6) is 1.71. The van der Waals surface area contributed by atoms with Crippen molar-refractivity contribution in [3.8, 4) is 0 Å². The second-order valence-corrected chi connectivity index (χ2v) is 5.61. The summed E-state index contributed by atoms with van der Waals surface area (Å²) in [5, 5.41) is 3.46. The third-order valence-corrected chi connectivity index (χ3v) is 4.28. The maximum absolute atomic E-state index is 6.11. The molecular formula is C14H27NO. The number of nitrogens with one attached hydrogen (secondary N) is 1. The van der Waals surface area contributed by atoms with Crippen LogP contribution in [0.25, 0.3) is 0 Å². The first-order valence-electron chi connectivity index (χ1n) is 7.20. The highest BCUT2D eigenvalue weighted by Gasteiger charge is 2.22. The Hall–Kier alpha value is -0.0800. The highest BCUT2D eigenvalue weighted by molar-refractivity contribution is 4.74. The molecule has 1 saturated heterocycles. The normalized spacial score (nSPS) is 36.2. The summed E-state index contributed by atoms with van der Waals surface area (Å²) in [6.07, 6.45) is 10.0. The molecule has 0 aromatic rings. The van der Waals surface area contributed by atoms with Crippen LogP contribution in [0, 0.1) is 11.8 Å². The van der Waals surface area contributed by atoms with Crippen molar-refractivity contribution >= 4 is 0 Å². The molecule has 3 atom stereocenters. The topological polar surface area (TPSA) is 21.3 Å². The van der Waals surface area contributed by atoms with Gasteiger partial charge in [0.2, 0.25) is 0 Å². The minimum Gasteiger partial charge on any atom is -0.378 e. The van der Waals surface area contributed by atoms with Gasteiger partial charge in [-0.05, 0) is 44.1 Å². The van der Waals surface area contributed by atoms with E-state index in [0.29, 0.717) is 6.10 Å². The van der Waals surface area contributed by atoms with E-state index in [2.05, 4.69) is 12.2 Å². The Morgan fingerprint density at radius 2 is 2.00 bits per heavy atom. The Morgan fingerprint density at radius 3 is 2.75 bits per heavy atom. The molecule has 0 bridgehead atoms. The van der Waals surface area contributed by atoms with Crippen LogP contribution in [0.5, 0.6) is 0 Å². The Bertz CT molecular complexity index is 189. The molecule has 2 aliphatic rings. The molecule has 1 saturated carbocycles. The van der Waals surface area contributed by atoms with Crippen molar-refractivity contribution in [3.05, 3.63) is 0 Å². The van der Waals surface area contributed by atoms with E-state index in [0.717, 1.165) is 18.4 Å². The Labute approximate surface area is 100 Å². The fourth-order valence-corrected chi connectivity index (χ4v) is 3.10. The quantitative estimate of drug-likeness (QED) is 0.794. The van der Waals surface area contributed by atoms with Crippen LogP contribution in [-0.2, 0) is 4.74 Å². The number of piperidine rings is 1. The van der Waals surface area contributed by atoms with E-state index in [4.69, 9.17) is 4.74 Å². The minimum atomic E-state index is 0.570. The smallest absolute Gasteiger partial charge is 0.0578 e. The van der Waals surface area contributed by atoms with Gasteiger partial charge in [0, 0.05) is 6.54 Å². The first kappa shape index (κ1) is 12.4. The van der Waals surface area contributed by atoms with E-state index in [-0.39, 0.29) is 0 Å². The molecule has 2 nitrogen and oxygen atoms in total. The average Bonchev–Trinajstić information content (AvgIpc) is 2.38. The molecule has 1 heterocycles. The van der Waals surface area contributed by atoms with Crippen LogP contribution in [0.4, 0.5) is 0 Å². The summed E-state index contributed by atoms with van der Waals surface area (Å²) in [7, 11) is 0. The minimum absolute atomic E-state index is 0.570. The fraction of sp³-hybridized carbons (Fsp3) is 1.00. The van der Waals surface area contributed by atoms with E-state index in [9.17, 15) is 0 Å². The lowest BCUT2D eigenvalue weighted by Gasteiger charge is -2.31. The molecule has 1 aliphatic carbocycles. The zero-order valence-corrected chi connectivity index (χ0v) is 10.7. The highest BCUT2D eigenvalue weighted by Crippen LogP contribution is 2.28. The van der Waals surface area contributed by atoms with Crippen LogP contribution in [0.3, 0.4) is 0 Å². The van der Waals surface area contributed by atoms with Crippen molar-refractivity contribution in [2.45, 2.75) is 58.0 Å². The molecule has 94 valence electrons. The van der Waals surface area contributed by atoms with Gasteiger partial charge in [-0.3, -0.25) is 0 Å². The maximum atomic E-state index is 6.11. The van der Waals surface area contributed by atoms with E-state index < -0.39 is 0 Å². The monoisotopic (exact) mass is 225 g/mol. The Morgan fingerprint density at radius 1 is 1.12 bits per heavy atom. The van der Waals surface area contributed by atoms with Crippen molar-refractivity contribution in [1.29, 1.82) is 0 Å². The third-order valence-electron chi connectivity index (χ3n) is 4.28. The van der Waals surface area contributed by atoms with Gasteiger partial charge >= 0.3 is 0 Å². The summed E-state index contributed by atoms with van der Waals surface area (Å²) < 4.78 is 6.11. The second kappa shape index (κ2) is 6.61. The number of hydrogen-bond acceptors (Lipinski definition) is 2. The first-order valence-corrected chi connectivity index (χ1v) is 7.20. The van der Waals surface area contributed by atoms with Gasteiger partial charge in [-0.2, -0.15) is 0 Å². The van der Waals surface area contributed by atoms with Gasteiger partial charge in [-0.25, -0.2) is 0 Å². The van der Waals surface area contributed by atoms with E-state index in [1.807, 2.05) is 0 Å². The lowest BCUT2D eigenvalue weighted by Crippen LogP contribution is -2.34. The molecule has 0 amide bonds. The van der Waals surface area contributed by atoms with Gasteiger partial charge in [0.25, 0.3) is 0 Å². The van der Waals surface area contributed by atoms with Gasteiger partial charge in [-0.1, -0.05) is 26.2 Å². The highest BCUT2D eigenvalue weighted by atomic mass is 16.5. The van der Waals surface area contributed by atoms with E-state index in [1.54, 1.807) is 0 Å². The molecule has 16 heavy (non-hydrogen) atoms. The maximum Gasteiger partial charge on any atom is 0.0578 e. The van der Waals surface area contributed by atoms with Crippen molar-refractivity contribution in [2.24, 2.45) is 11.8 Å². The lowest BCUT2D eigenvalue weighted by atomic mass is 9.85. The molecule has 2 heteroatoms. The van der Waals surface area contributed by atoms with Crippen LogP contribution < -0.4 is 5.32 Å². The predicted octanol–water partition coefficient (Wildman–Crippen LogP) is 2.97. The molecule has 3 unspecified atom stereocenters. The standard InChI is InChI=1S/C14H27NO/c1-2-12-5-3-7-14(9-12)16-11-13-6-4-8-15-10-13/h12-15H,2-11H2,1H3. The fourth-order valence-electron chi connectivity index (χ4n) is 3.10. The summed E-state index contributed by atoms with van der Waals surface area (Å²) in [4.78, 5) is 0. The van der Waals surface area contributed by atoms with Gasteiger partial charge < -0.3 is 10.1 Å². The predicted molar refractivity (Wildman–Crippen MR) is 67.6 cm³/mol. The molecule has 2 fully saturated rings. The molecule has 0 aromatic carbocycles. The number of hydrogen-bond donors (Lipinski definition) is 1. The molecule has 1 aliphatic heterocycles. The number of ether oxygens (including phenoxy) is 1. The summed E-state index contributed by atoms with van der Waals surface area (Å²) in [6, 6.07) is 0. The molecule has 2 rings (SSSR count). The molecule has 0 aromatic heterocycles. The van der Waals surface area contributed by atoms with Gasteiger partial charge in [0.15, 0.2) is 0 Å². The summed E-state index contributed by atoms with van der Waals surface area (Å²) in [6.45, 7) is 5.69. The lowest BCUT2D eigenvalue weighted by molar-refractivity contribution is -0.00915. The van der Waals surface area contributed by atoms with Crippen molar-refractivity contribution < 1.29 is 4.74 Å². The van der Waals surface area contributed by atoms with Crippen LogP contribution in [0.1, 0.15) is 51.9 Å². The van der Waals surface area contributed by atoms with E-state index >= 15 is 0 Å². The molecular weight excluding hydrogens is 198 g/mol. The summed E-state index contributed by atoms with van der Waals surface area (Å²) >= 11 is 0. The zero-order chi connectivity index (χ0) is 11.2. The van der Waals surface area contributed by atoms with Crippen LogP contribution >= 0.6 is 0 Å². The second-order valence-electron chi connectivity index (χ2n) is 5.61. The summed E-state index contributed by atoms with van der Waals surface area (Å²) in [5.41, 5.74) is 0. The largest absolute Gasteiger partial charge is 0.378 e. The number of rotatable bonds is 4. The van der Waals surface area contributed by atoms with Gasteiger partial charge in [-0.15, -0.1) is 0 Å². The molecule has 1 N–H and O–H groups in total. The van der Waals surface area contributed by atoms with Crippen molar-refractivity contribution in [2.75, 3.05) is 19.7 Å². The zero-order valence-electron chi connectivity index (χ0n) is 10.7. The average molecular weight is 225 g/mol. The van der Waals surface area contributed by atoms with Crippen molar-refractivity contribution in [1.82, 2.24) is 5.32 Å². The van der Waals surface area contributed by atoms with Crippen molar-refractivity contribution in [3.63, 3.8) is 0 Å². The van der Waals surface area contributed by atoms with Crippen LogP contribution in [0.2, 0.25) is 0 Å². The molecule has 0 spiro atoms. The van der Waals surface area contributed by atoms with E-state index in [1.165, 1.54) is 58.0 Å². The first-order chi connectivity index (χ1) is 7.88. The SMILES string of the molecule is CCC1CCCC(OCC2CCCNC2)C1. The van der Waals surface area contributed by atoms with Crippen LogP contribution in [0.15, 0.2) is 0 Å². The van der Waals surface area contributed by atoms with Gasteiger partial charge in [0.05, 0.1) is 12.7 Å². The molecule has 0 radical (unpaired) electrons.